The number of amides is 1. The average molecular weight is 407 g/mol. The lowest BCUT2D eigenvalue weighted by atomic mass is 9.74. The summed E-state index contributed by atoms with van der Waals surface area (Å²) in [5.41, 5.74) is 5.59. The molecule has 3 N–H and O–H groups in total. The first-order chi connectivity index (χ1) is 13.8. The normalized spacial score (nSPS) is 46.4. The van der Waals surface area contributed by atoms with Gasteiger partial charge in [-0.05, 0) is 70.1 Å². The van der Waals surface area contributed by atoms with Gasteiger partial charge in [0.15, 0.2) is 0 Å². The van der Waals surface area contributed by atoms with Crippen molar-refractivity contribution < 1.29 is 19.3 Å². The first-order valence-electron chi connectivity index (χ1n) is 11.9. The van der Waals surface area contributed by atoms with Gasteiger partial charge in [-0.3, -0.25) is 4.79 Å². The third kappa shape index (κ3) is 3.75. The minimum absolute atomic E-state index is 0.1000. The summed E-state index contributed by atoms with van der Waals surface area (Å²) in [5.74, 6) is 2.14. The van der Waals surface area contributed by atoms with E-state index < -0.39 is 11.6 Å². The molecule has 0 radical (unpaired) electrons. The molecule has 5 aliphatic rings. The molecular weight excluding hydrogens is 368 g/mol. The molecule has 1 amide bonds. The molecule has 1 saturated heterocycles. The second-order valence-electron chi connectivity index (χ2n) is 11.4. The van der Waals surface area contributed by atoms with Crippen molar-refractivity contribution in [1.29, 1.82) is 0 Å². The van der Waals surface area contributed by atoms with Crippen LogP contribution < -0.4 is 11.1 Å². The van der Waals surface area contributed by atoms with E-state index in [1.54, 1.807) is 0 Å². The summed E-state index contributed by atoms with van der Waals surface area (Å²) < 4.78 is 6.82. The molecule has 29 heavy (non-hydrogen) atoms. The number of ether oxygens (including phenoxy) is 1. The van der Waals surface area contributed by atoms with Crippen molar-refractivity contribution in [3.8, 4) is 0 Å². The average Bonchev–Trinajstić information content (AvgIpc) is 3.15. The van der Waals surface area contributed by atoms with Crippen LogP contribution in [0.1, 0.15) is 84.5 Å². The molecule has 0 aromatic heterocycles. The van der Waals surface area contributed by atoms with E-state index in [9.17, 15) is 4.79 Å². The Balaban J connectivity index is 1.18. The number of hydrogen-bond donors (Lipinski definition) is 2. The zero-order valence-electron chi connectivity index (χ0n) is 18.1. The van der Waals surface area contributed by atoms with Gasteiger partial charge in [-0.1, -0.05) is 12.8 Å². The SMILES string of the molecule is CC(C)(N)CNC(=O)CC1CCC2(CC1)OOC1(O2)[C@@H]2CC3C[C@@H]1CCC[C@H]3C2. The number of carbonyl (C=O) groups excluding carboxylic acids is 1. The Morgan fingerprint density at radius 3 is 2.52 bits per heavy atom. The van der Waals surface area contributed by atoms with Crippen LogP contribution in [-0.2, 0) is 19.3 Å². The smallest absolute Gasteiger partial charge is 0.220 e. The molecule has 1 aliphatic heterocycles. The van der Waals surface area contributed by atoms with Crippen molar-refractivity contribution >= 4 is 5.91 Å². The van der Waals surface area contributed by atoms with Gasteiger partial charge in [0.2, 0.25) is 17.5 Å². The van der Waals surface area contributed by atoms with E-state index >= 15 is 0 Å². The Hall–Kier alpha value is -0.690. The summed E-state index contributed by atoms with van der Waals surface area (Å²) in [4.78, 5) is 24.5. The predicted octanol–water partition coefficient (Wildman–Crippen LogP) is 3.64. The van der Waals surface area contributed by atoms with Crippen LogP contribution in [0, 0.1) is 29.6 Å². The molecule has 0 aromatic rings. The van der Waals surface area contributed by atoms with E-state index in [1.165, 1.54) is 38.5 Å². The molecule has 6 heteroatoms. The van der Waals surface area contributed by atoms with E-state index in [0.717, 1.165) is 37.5 Å². The van der Waals surface area contributed by atoms with Crippen molar-refractivity contribution in [2.45, 2.75) is 102 Å². The number of hydrogen-bond acceptors (Lipinski definition) is 5. The van der Waals surface area contributed by atoms with Crippen molar-refractivity contribution in [2.75, 3.05) is 6.54 Å². The van der Waals surface area contributed by atoms with E-state index in [1.807, 2.05) is 13.8 Å². The van der Waals surface area contributed by atoms with Crippen molar-refractivity contribution in [1.82, 2.24) is 5.32 Å². The number of rotatable bonds is 4. The van der Waals surface area contributed by atoms with Gasteiger partial charge in [-0.2, -0.15) is 9.78 Å². The fourth-order valence-corrected chi connectivity index (χ4v) is 6.93. The van der Waals surface area contributed by atoms with Gasteiger partial charge in [0.25, 0.3) is 0 Å². The van der Waals surface area contributed by atoms with Gasteiger partial charge in [-0.15, -0.1) is 0 Å². The van der Waals surface area contributed by atoms with E-state index in [0.29, 0.717) is 30.7 Å². The fourth-order valence-electron chi connectivity index (χ4n) is 6.93. The minimum atomic E-state index is -0.589. The van der Waals surface area contributed by atoms with Gasteiger partial charge in [0, 0.05) is 43.2 Å². The molecule has 5 atom stereocenters. The van der Waals surface area contributed by atoms with E-state index in [4.69, 9.17) is 20.2 Å². The monoisotopic (exact) mass is 406 g/mol. The fraction of sp³-hybridized carbons (Fsp3) is 0.957. The molecule has 1 heterocycles. The molecule has 4 saturated carbocycles. The molecule has 5 fully saturated rings. The minimum Gasteiger partial charge on any atom is -0.354 e. The second kappa shape index (κ2) is 7.18. The Kier molecular flexibility index (Phi) is 5.01. The van der Waals surface area contributed by atoms with Crippen molar-refractivity contribution in [3.05, 3.63) is 0 Å². The molecule has 5 rings (SSSR count). The summed E-state index contributed by atoms with van der Waals surface area (Å²) in [5, 5.41) is 2.97. The maximum atomic E-state index is 12.3. The summed E-state index contributed by atoms with van der Waals surface area (Å²) in [6, 6.07) is 0. The van der Waals surface area contributed by atoms with E-state index in [2.05, 4.69) is 5.32 Å². The maximum Gasteiger partial charge on any atom is 0.220 e. The lowest BCUT2D eigenvalue weighted by Crippen LogP contribution is -2.50. The summed E-state index contributed by atoms with van der Waals surface area (Å²) in [6.45, 7) is 4.36. The zero-order chi connectivity index (χ0) is 20.3. The van der Waals surface area contributed by atoms with Crippen LogP contribution in [0.4, 0.5) is 0 Å². The quantitative estimate of drug-likeness (QED) is 0.697. The van der Waals surface area contributed by atoms with Crippen LogP contribution in [0.2, 0.25) is 0 Å². The number of fused-ring (bicyclic) bond motifs is 4. The maximum absolute atomic E-state index is 12.3. The van der Waals surface area contributed by atoms with Gasteiger partial charge >= 0.3 is 0 Å². The van der Waals surface area contributed by atoms with Crippen molar-refractivity contribution in [2.24, 2.45) is 35.3 Å². The predicted molar refractivity (Wildman–Crippen MR) is 108 cm³/mol. The topological polar surface area (TPSA) is 82.8 Å². The summed E-state index contributed by atoms with van der Waals surface area (Å²) in [7, 11) is 0. The summed E-state index contributed by atoms with van der Waals surface area (Å²) >= 11 is 0. The standard InChI is InChI=1S/C23H38N2O4/c1-21(2,24)14-25-20(26)10-15-6-8-22(9-7-15)27-23(29-28-22)18-5-3-4-16-11-19(23)13-17(16)12-18/h15-19H,3-14,24H2,1-2H3,(H,25,26)/t15?,16-,17?,18-,19-,22?,23?/m0/s1. The van der Waals surface area contributed by atoms with Crippen LogP contribution in [0.5, 0.6) is 0 Å². The molecule has 2 spiro atoms. The third-order valence-electron chi connectivity index (χ3n) is 8.45. The molecular formula is C23H38N2O4. The molecule has 0 aromatic carbocycles. The van der Waals surface area contributed by atoms with Gasteiger partial charge in [-0.25, -0.2) is 0 Å². The lowest BCUT2D eigenvalue weighted by molar-refractivity contribution is -0.376. The van der Waals surface area contributed by atoms with Crippen molar-refractivity contribution in [3.63, 3.8) is 0 Å². The van der Waals surface area contributed by atoms with Gasteiger partial charge < -0.3 is 15.8 Å². The van der Waals surface area contributed by atoms with Crippen LogP contribution in [0.25, 0.3) is 0 Å². The Bertz CT molecular complexity index is 639. The largest absolute Gasteiger partial charge is 0.354 e. The van der Waals surface area contributed by atoms with Crippen LogP contribution in [0.15, 0.2) is 0 Å². The highest BCUT2D eigenvalue weighted by Crippen LogP contribution is 2.63. The van der Waals surface area contributed by atoms with E-state index in [-0.39, 0.29) is 11.4 Å². The van der Waals surface area contributed by atoms with Crippen LogP contribution >= 0.6 is 0 Å². The number of nitrogens with two attached hydrogens (primary N) is 1. The molecule has 4 aliphatic carbocycles. The highest BCUT2D eigenvalue weighted by atomic mass is 17.3. The molecule has 6 nitrogen and oxygen atoms in total. The first kappa shape index (κ1) is 20.2. The Labute approximate surface area is 174 Å². The van der Waals surface area contributed by atoms with Gasteiger partial charge in [0.05, 0.1) is 0 Å². The number of carbonyl (C=O) groups is 1. The summed E-state index contributed by atoms with van der Waals surface area (Å²) in [6.07, 6.45) is 11.8. The Morgan fingerprint density at radius 1 is 1.03 bits per heavy atom. The lowest BCUT2D eigenvalue weighted by Gasteiger charge is -2.43. The van der Waals surface area contributed by atoms with Gasteiger partial charge in [0.1, 0.15) is 0 Å². The highest BCUT2D eigenvalue weighted by molar-refractivity contribution is 5.76. The van der Waals surface area contributed by atoms with Crippen LogP contribution in [-0.4, -0.2) is 29.6 Å². The molecule has 164 valence electrons. The second-order valence-corrected chi connectivity index (χ2v) is 11.4. The zero-order valence-corrected chi connectivity index (χ0v) is 18.1. The number of nitrogens with one attached hydrogen (secondary N) is 1. The first-order valence-corrected chi connectivity index (χ1v) is 11.9. The van der Waals surface area contributed by atoms with Crippen LogP contribution in [0.3, 0.4) is 0 Å². The Morgan fingerprint density at radius 2 is 1.76 bits per heavy atom. The molecule has 2 unspecified atom stereocenters. The molecule has 3 bridgehead atoms. The third-order valence-corrected chi connectivity index (χ3v) is 8.45. The highest BCUT2D eigenvalue weighted by Gasteiger charge is 2.66.